The van der Waals surface area contributed by atoms with Crippen LogP contribution in [-0.2, 0) is 0 Å². The number of halogens is 1. The molecule has 0 unspecified atom stereocenters. The normalized spacial score (nSPS) is 12.8. The number of fused-ring (bicyclic) bond motifs is 1. The number of benzene rings is 2. The summed E-state index contributed by atoms with van der Waals surface area (Å²) in [5.41, 5.74) is 4.33. The molecule has 0 amide bonds. The van der Waals surface area contributed by atoms with Gasteiger partial charge in [-0.1, -0.05) is 30.0 Å². The maximum atomic E-state index is 12.9. The van der Waals surface area contributed by atoms with Crippen molar-refractivity contribution in [3.63, 3.8) is 0 Å². The third-order valence-corrected chi connectivity index (χ3v) is 4.29. The van der Waals surface area contributed by atoms with Crippen molar-refractivity contribution in [2.45, 2.75) is 24.3 Å². The zero-order chi connectivity index (χ0) is 14.1. The highest BCUT2D eigenvalue weighted by molar-refractivity contribution is 7.99. The monoisotopic (exact) mass is 286 g/mol. The molecule has 2 aromatic carbocycles. The van der Waals surface area contributed by atoms with Gasteiger partial charge in [0.1, 0.15) is 5.82 Å². The molecule has 0 aliphatic carbocycles. The summed E-state index contributed by atoms with van der Waals surface area (Å²) in [7, 11) is 0. The average Bonchev–Trinajstić information content (AvgIpc) is 2.80. The van der Waals surface area contributed by atoms with Gasteiger partial charge in [-0.05, 0) is 49.2 Å². The first-order valence-electron chi connectivity index (χ1n) is 6.50. The number of hydrogen-bond acceptors (Lipinski definition) is 2. The summed E-state index contributed by atoms with van der Waals surface area (Å²) >= 11 is 1.65. The lowest BCUT2D eigenvalue weighted by Gasteiger charge is -2.09. The topological polar surface area (TPSA) is 28.7 Å². The quantitative estimate of drug-likeness (QED) is 0.696. The molecule has 1 heterocycles. The molecule has 1 aromatic heterocycles. The number of imidazole rings is 1. The van der Waals surface area contributed by atoms with Crippen molar-refractivity contribution in [3.8, 4) is 0 Å². The molecule has 1 N–H and O–H groups in total. The van der Waals surface area contributed by atoms with E-state index in [1.54, 1.807) is 11.8 Å². The first-order chi connectivity index (χ1) is 9.61. The van der Waals surface area contributed by atoms with Crippen LogP contribution in [0.4, 0.5) is 4.39 Å². The molecule has 2 nitrogen and oxygen atoms in total. The molecular formula is C16H15FN2S. The summed E-state index contributed by atoms with van der Waals surface area (Å²) in [5.74, 6) is -0.204. The molecule has 0 bridgehead atoms. The first-order valence-corrected chi connectivity index (χ1v) is 7.38. The van der Waals surface area contributed by atoms with Crippen molar-refractivity contribution >= 4 is 22.8 Å². The molecule has 3 rings (SSSR count). The summed E-state index contributed by atoms with van der Waals surface area (Å²) in [6, 6.07) is 12.8. The predicted octanol–water partition coefficient (Wildman–Crippen LogP) is 4.86. The van der Waals surface area contributed by atoms with Gasteiger partial charge in [-0.25, -0.2) is 9.37 Å². The van der Waals surface area contributed by atoms with Crippen molar-refractivity contribution in [2.75, 3.05) is 0 Å². The van der Waals surface area contributed by atoms with Crippen LogP contribution in [0.3, 0.4) is 0 Å². The Labute approximate surface area is 121 Å². The molecule has 102 valence electrons. The Kier molecular flexibility index (Phi) is 3.49. The summed E-state index contributed by atoms with van der Waals surface area (Å²) in [4.78, 5) is 7.90. The van der Waals surface area contributed by atoms with Gasteiger partial charge in [-0.3, -0.25) is 0 Å². The van der Waals surface area contributed by atoms with Crippen molar-refractivity contribution in [2.24, 2.45) is 0 Å². The Morgan fingerprint density at radius 1 is 1.15 bits per heavy atom. The molecule has 4 heteroatoms. The second-order valence-corrected chi connectivity index (χ2v) is 6.20. The highest BCUT2D eigenvalue weighted by atomic mass is 32.2. The van der Waals surface area contributed by atoms with Crippen LogP contribution in [0.5, 0.6) is 0 Å². The predicted molar refractivity (Wildman–Crippen MR) is 81.5 cm³/mol. The largest absolute Gasteiger partial charge is 0.333 e. The lowest BCUT2D eigenvalue weighted by molar-refractivity contribution is 0.627. The van der Waals surface area contributed by atoms with E-state index in [0.717, 1.165) is 21.8 Å². The Balaban J connectivity index is 1.83. The fraction of sp³-hybridized carbons (Fsp3) is 0.188. The number of aromatic amines is 1. The molecule has 0 spiro atoms. The number of thioether (sulfide) groups is 1. The van der Waals surface area contributed by atoms with E-state index >= 15 is 0 Å². The van der Waals surface area contributed by atoms with E-state index in [9.17, 15) is 4.39 Å². The van der Waals surface area contributed by atoms with E-state index < -0.39 is 0 Å². The number of hydrogen-bond donors (Lipinski definition) is 1. The Morgan fingerprint density at radius 2 is 1.90 bits per heavy atom. The van der Waals surface area contributed by atoms with Crippen LogP contribution in [0.1, 0.15) is 23.3 Å². The zero-order valence-corrected chi connectivity index (χ0v) is 12.2. The van der Waals surface area contributed by atoms with Crippen LogP contribution in [0.25, 0.3) is 11.0 Å². The molecule has 0 saturated carbocycles. The van der Waals surface area contributed by atoms with E-state index in [2.05, 4.69) is 35.9 Å². The minimum absolute atomic E-state index is 0.204. The van der Waals surface area contributed by atoms with Gasteiger partial charge in [0, 0.05) is 5.25 Å². The molecule has 0 aliphatic rings. The fourth-order valence-electron chi connectivity index (χ4n) is 2.13. The van der Waals surface area contributed by atoms with Crippen molar-refractivity contribution in [1.29, 1.82) is 0 Å². The first kappa shape index (κ1) is 13.2. The molecule has 20 heavy (non-hydrogen) atoms. The van der Waals surface area contributed by atoms with Gasteiger partial charge in [0.15, 0.2) is 5.16 Å². The summed E-state index contributed by atoms with van der Waals surface area (Å²) in [6.45, 7) is 4.16. The third kappa shape index (κ3) is 2.70. The van der Waals surface area contributed by atoms with Crippen LogP contribution in [0, 0.1) is 12.7 Å². The van der Waals surface area contributed by atoms with Crippen LogP contribution >= 0.6 is 11.8 Å². The average molecular weight is 286 g/mol. The number of aryl methyl sites for hydroxylation is 1. The van der Waals surface area contributed by atoms with Crippen LogP contribution in [0.2, 0.25) is 0 Å². The minimum atomic E-state index is -0.204. The molecule has 0 saturated heterocycles. The fourth-order valence-corrected chi connectivity index (χ4v) is 3.07. The lowest BCUT2D eigenvalue weighted by Crippen LogP contribution is -1.89. The van der Waals surface area contributed by atoms with E-state index in [1.165, 1.54) is 17.7 Å². The van der Waals surface area contributed by atoms with Gasteiger partial charge in [0.05, 0.1) is 11.0 Å². The second-order valence-electron chi connectivity index (χ2n) is 4.87. The number of aromatic nitrogens is 2. The Morgan fingerprint density at radius 3 is 2.65 bits per heavy atom. The van der Waals surface area contributed by atoms with E-state index in [1.807, 2.05) is 18.2 Å². The highest BCUT2D eigenvalue weighted by Gasteiger charge is 2.11. The molecule has 3 aromatic rings. The summed E-state index contributed by atoms with van der Waals surface area (Å²) in [6.07, 6.45) is 0. The third-order valence-electron chi connectivity index (χ3n) is 3.24. The van der Waals surface area contributed by atoms with Crippen molar-refractivity contribution in [1.82, 2.24) is 9.97 Å². The molecule has 1 atom stereocenters. The summed E-state index contributed by atoms with van der Waals surface area (Å²) < 4.78 is 12.9. The van der Waals surface area contributed by atoms with Crippen molar-refractivity contribution < 1.29 is 4.39 Å². The molecular weight excluding hydrogens is 271 g/mol. The molecule has 0 aliphatic heterocycles. The van der Waals surface area contributed by atoms with Crippen LogP contribution < -0.4 is 0 Å². The van der Waals surface area contributed by atoms with E-state index in [-0.39, 0.29) is 11.1 Å². The Hall–Kier alpha value is -1.81. The maximum absolute atomic E-state index is 12.9. The van der Waals surface area contributed by atoms with Gasteiger partial charge < -0.3 is 4.98 Å². The number of nitrogens with zero attached hydrogens (tertiary/aromatic N) is 1. The highest BCUT2D eigenvalue weighted by Crippen LogP contribution is 2.34. The SMILES string of the molecule is Cc1ccc2nc(S[C@H](C)c3ccc(F)cc3)[nH]c2c1. The number of H-pyrrole nitrogens is 1. The van der Waals surface area contributed by atoms with Crippen LogP contribution in [0.15, 0.2) is 47.6 Å². The Bertz CT molecular complexity index is 734. The zero-order valence-electron chi connectivity index (χ0n) is 11.4. The second kappa shape index (κ2) is 5.29. The van der Waals surface area contributed by atoms with Gasteiger partial charge in [-0.15, -0.1) is 0 Å². The maximum Gasteiger partial charge on any atom is 0.166 e. The molecule has 0 radical (unpaired) electrons. The van der Waals surface area contributed by atoms with E-state index in [4.69, 9.17) is 0 Å². The number of nitrogens with one attached hydrogen (secondary N) is 1. The lowest BCUT2D eigenvalue weighted by atomic mass is 10.2. The van der Waals surface area contributed by atoms with Crippen LogP contribution in [-0.4, -0.2) is 9.97 Å². The van der Waals surface area contributed by atoms with E-state index in [0.29, 0.717) is 0 Å². The van der Waals surface area contributed by atoms with Crippen molar-refractivity contribution in [3.05, 3.63) is 59.4 Å². The smallest absolute Gasteiger partial charge is 0.166 e. The minimum Gasteiger partial charge on any atom is -0.333 e. The van der Waals surface area contributed by atoms with Gasteiger partial charge in [0.2, 0.25) is 0 Å². The molecule has 0 fully saturated rings. The summed E-state index contributed by atoms with van der Waals surface area (Å²) in [5, 5.41) is 1.11. The van der Waals surface area contributed by atoms with Gasteiger partial charge in [-0.2, -0.15) is 0 Å². The van der Waals surface area contributed by atoms with Gasteiger partial charge >= 0.3 is 0 Å². The number of rotatable bonds is 3. The van der Waals surface area contributed by atoms with Gasteiger partial charge in [0.25, 0.3) is 0 Å². The standard InChI is InChI=1S/C16H15FN2S/c1-10-3-8-14-15(9-10)19-16(18-14)20-11(2)12-4-6-13(17)7-5-12/h3-9,11H,1-2H3,(H,18,19)/t11-/m1/s1.